The number of nitrogens with zero attached hydrogens (tertiary/aromatic N) is 4. The molecule has 6 nitrogen and oxygen atoms in total. The first-order valence-corrected chi connectivity index (χ1v) is 7.48. The van der Waals surface area contributed by atoms with Crippen molar-refractivity contribution in [1.82, 2.24) is 20.4 Å². The summed E-state index contributed by atoms with van der Waals surface area (Å²) in [4.78, 5) is 11.9. The molecule has 0 fully saturated rings. The number of halogens is 2. The van der Waals surface area contributed by atoms with Crippen LogP contribution >= 0.6 is 15.9 Å². The van der Waals surface area contributed by atoms with Crippen molar-refractivity contribution in [2.24, 2.45) is 5.10 Å². The number of carbonyl (C=O) groups is 1. The SMILES string of the molecule is O=C(Cn1nnc2ccccc21)N/N=C/c1cc(Br)ccc1F. The van der Waals surface area contributed by atoms with Gasteiger partial charge in [0.2, 0.25) is 0 Å². The molecule has 0 bridgehead atoms. The number of benzene rings is 2. The molecule has 0 saturated heterocycles. The molecule has 1 N–H and O–H groups in total. The first-order valence-electron chi connectivity index (χ1n) is 6.68. The van der Waals surface area contributed by atoms with E-state index in [9.17, 15) is 9.18 Å². The van der Waals surface area contributed by atoms with Crippen LogP contribution in [0.25, 0.3) is 11.0 Å². The van der Waals surface area contributed by atoms with Crippen molar-refractivity contribution in [2.75, 3.05) is 0 Å². The minimum absolute atomic E-state index is 0.0289. The molecular weight excluding hydrogens is 365 g/mol. The summed E-state index contributed by atoms with van der Waals surface area (Å²) >= 11 is 3.25. The van der Waals surface area contributed by atoms with Gasteiger partial charge < -0.3 is 0 Å². The van der Waals surface area contributed by atoms with Crippen molar-refractivity contribution in [1.29, 1.82) is 0 Å². The third-order valence-corrected chi connectivity index (χ3v) is 3.56. The lowest BCUT2D eigenvalue weighted by atomic mass is 10.2. The molecule has 1 heterocycles. The number of amides is 1. The Morgan fingerprint density at radius 3 is 3.04 bits per heavy atom. The zero-order valence-electron chi connectivity index (χ0n) is 11.8. The zero-order chi connectivity index (χ0) is 16.2. The summed E-state index contributed by atoms with van der Waals surface area (Å²) in [7, 11) is 0. The fourth-order valence-corrected chi connectivity index (χ4v) is 2.37. The molecule has 0 spiro atoms. The van der Waals surface area contributed by atoms with E-state index < -0.39 is 5.82 Å². The van der Waals surface area contributed by atoms with Crippen LogP contribution in [0.4, 0.5) is 4.39 Å². The lowest BCUT2D eigenvalue weighted by Gasteiger charge is -2.01. The average Bonchev–Trinajstić information content (AvgIpc) is 2.94. The van der Waals surface area contributed by atoms with Gasteiger partial charge in [-0.3, -0.25) is 4.79 Å². The first-order chi connectivity index (χ1) is 11.1. The fraction of sp³-hybridized carbons (Fsp3) is 0.0667. The van der Waals surface area contributed by atoms with Crippen LogP contribution in [0.15, 0.2) is 52.0 Å². The number of fused-ring (bicyclic) bond motifs is 1. The highest BCUT2D eigenvalue weighted by molar-refractivity contribution is 9.10. The standard InChI is InChI=1S/C15H11BrFN5O/c16-11-5-6-12(17)10(7-11)8-18-20-15(23)9-22-14-4-2-1-3-13(14)19-21-22/h1-8H,9H2,(H,20,23)/b18-8+. The third kappa shape index (κ3) is 3.59. The highest BCUT2D eigenvalue weighted by Crippen LogP contribution is 2.13. The summed E-state index contributed by atoms with van der Waals surface area (Å²) in [6, 6.07) is 11.8. The molecule has 3 rings (SSSR count). The second-order valence-electron chi connectivity index (χ2n) is 4.69. The number of rotatable bonds is 4. The number of hydrogen-bond acceptors (Lipinski definition) is 4. The van der Waals surface area contributed by atoms with Gasteiger partial charge in [0.15, 0.2) is 0 Å². The monoisotopic (exact) mass is 375 g/mol. The Kier molecular flexibility index (Phi) is 4.42. The molecule has 116 valence electrons. The summed E-state index contributed by atoms with van der Waals surface area (Å²) in [6.45, 7) is -0.0289. The van der Waals surface area contributed by atoms with Crippen molar-refractivity contribution in [3.05, 3.63) is 58.3 Å². The molecule has 0 atom stereocenters. The Morgan fingerprint density at radius 2 is 2.17 bits per heavy atom. The van der Waals surface area contributed by atoms with Gasteiger partial charge >= 0.3 is 0 Å². The smallest absolute Gasteiger partial charge is 0.261 e. The van der Waals surface area contributed by atoms with Gasteiger partial charge in [0.05, 0.1) is 11.7 Å². The Hall–Kier alpha value is -2.61. The molecule has 0 aliphatic rings. The van der Waals surface area contributed by atoms with Crippen molar-refractivity contribution in [3.63, 3.8) is 0 Å². The van der Waals surface area contributed by atoms with E-state index in [1.807, 2.05) is 24.3 Å². The second-order valence-corrected chi connectivity index (χ2v) is 5.61. The fourth-order valence-electron chi connectivity index (χ4n) is 1.99. The highest BCUT2D eigenvalue weighted by atomic mass is 79.9. The number of para-hydroxylation sites is 1. The van der Waals surface area contributed by atoms with Gasteiger partial charge in [0.25, 0.3) is 5.91 Å². The molecule has 8 heteroatoms. The number of carbonyl (C=O) groups excluding carboxylic acids is 1. The predicted octanol–water partition coefficient (Wildman–Crippen LogP) is 2.48. The van der Waals surface area contributed by atoms with Gasteiger partial charge in [-0.25, -0.2) is 14.5 Å². The Bertz CT molecular complexity index is 892. The van der Waals surface area contributed by atoms with Gasteiger partial charge in [-0.2, -0.15) is 5.10 Å². The van der Waals surface area contributed by atoms with E-state index in [-0.39, 0.29) is 18.0 Å². The van der Waals surface area contributed by atoms with Crippen LogP contribution in [0, 0.1) is 5.82 Å². The van der Waals surface area contributed by atoms with Gasteiger partial charge in [0.1, 0.15) is 17.9 Å². The maximum Gasteiger partial charge on any atom is 0.261 e. The van der Waals surface area contributed by atoms with Crippen LogP contribution in [-0.2, 0) is 11.3 Å². The van der Waals surface area contributed by atoms with E-state index in [0.29, 0.717) is 5.52 Å². The molecule has 1 amide bonds. The van der Waals surface area contributed by atoms with E-state index in [2.05, 4.69) is 36.8 Å². The van der Waals surface area contributed by atoms with Crippen molar-refractivity contribution in [2.45, 2.75) is 6.54 Å². The molecule has 1 aromatic heterocycles. The van der Waals surface area contributed by atoms with E-state index in [0.717, 1.165) is 9.99 Å². The highest BCUT2D eigenvalue weighted by Gasteiger charge is 2.07. The van der Waals surface area contributed by atoms with E-state index in [4.69, 9.17) is 0 Å². The molecule has 0 saturated carbocycles. The summed E-state index contributed by atoms with van der Waals surface area (Å²) in [6.07, 6.45) is 1.25. The molecular formula is C15H11BrFN5O. The zero-order valence-corrected chi connectivity index (χ0v) is 13.4. The van der Waals surface area contributed by atoms with Crippen LogP contribution in [0.1, 0.15) is 5.56 Å². The predicted molar refractivity (Wildman–Crippen MR) is 87.4 cm³/mol. The average molecular weight is 376 g/mol. The summed E-state index contributed by atoms with van der Waals surface area (Å²) in [5, 5.41) is 11.6. The maximum absolute atomic E-state index is 13.5. The van der Waals surface area contributed by atoms with Crippen LogP contribution in [0.3, 0.4) is 0 Å². The van der Waals surface area contributed by atoms with Gasteiger partial charge in [0, 0.05) is 10.0 Å². The molecule has 2 aromatic carbocycles. The third-order valence-electron chi connectivity index (χ3n) is 3.06. The first kappa shape index (κ1) is 15.3. The number of hydrogen-bond donors (Lipinski definition) is 1. The topological polar surface area (TPSA) is 72.2 Å². The van der Waals surface area contributed by atoms with Crippen molar-refractivity contribution < 1.29 is 9.18 Å². The van der Waals surface area contributed by atoms with E-state index in [1.165, 1.54) is 17.0 Å². The van der Waals surface area contributed by atoms with Crippen LogP contribution in [-0.4, -0.2) is 27.1 Å². The van der Waals surface area contributed by atoms with Gasteiger partial charge in [-0.05, 0) is 30.3 Å². The Balaban J connectivity index is 1.66. The molecule has 0 unspecified atom stereocenters. The van der Waals surface area contributed by atoms with E-state index in [1.54, 1.807) is 12.1 Å². The summed E-state index contributed by atoms with van der Waals surface area (Å²) in [5.74, 6) is -0.805. The van der Waals surface area contributed by atoms with Gasteiger partial charge in [-0.1, -0.05) is 33.3 Å². The largest absolute Gasteiger partial charge is 0.271 e. The van der Waals surface area contributed by atoms with E-state index >= 15 is 0 Å². The summed E-state index contributed by atoms with van der Waals surface area (Å²) < 4.78 is 15.7. The quantitative estimate of drug-likeness (QED) is 0.562. The lowest BCUT2D eigenvalue weighted by molar-refractivity contribution is -0.121. The maximum atomic E-state index is 13.5. The molecule has 0 aliphatic heterocycles. The number of hydrazone groups is 1. The minimum Gasteiger partial charge on any atom is -0.271 e. The summed E-state index contributed by atoms with van der Waals surface area (Å²) in [5.41, 5.74) is 4.07. The number of nitrogens with one attached hydrogen (secondary N) is 1. The Labute approximate surface area is 139 Å². The van der Waals surface area contributed by atoms with Crippen LogP contribution in [0.5, 0.6) is 0 Å². The molecule has 0 aliphatic carbocycles. The van der Waals surface area contributed by atoms with Crippen LogP contribution in [0.2, 0.25) is 0 Å². The Morgan fingerprint density at radius 1 is 1.35 bits per heavy atom. The number of aromatic nitrogens is 3. The van der Waals surface area contributed by atoms with Crippen molar-refractivity contribution >= 4 is 39.1 Å². The van der Waals surface area contributed by atoms with Gasteiger partial charge in [-0.15, -0.1) is 5.10 Å². The lowest BCUT2D eigenvalue weighted by Crippen LogP contribution is -2.23. The normalized spacial score (nSPS) is 11.2. The van der Waals surface area contributed by atoms with Crippen molar-refractivity contribution in [3.8, 4) is 0 Å². The van der Waals surface area contributed by atoms with Crippen LogP contribution < -0.4 is 5.43 Å². The minimum atomic E-state index is -0.423. The molecule has 3 aromatic rings. The second kappa shape index (κ2) is 6.66. The molecule has 0 radical (unpaired) electrons. The molecule has 23 heavy (non-hydrogen) atoms.